The number of thioether (sulfide) groups is 1. The fraction of sp³-hybridized carbons (Fsp3) is 0.389. The molecule has 0 aliphatic heterocycles. The quantitative estimate of drug-likeness (QED) is 0.665. The minimum atomic E-state index is -0.531. The number of rotatable bonds is 10. The third-order valence-electron chi connectivity index (χ3n) is 3.37. The van der Waals surface area contributed by atoms with Gasteiger partial charge < -0.3 is 19.2 Å². The van der Waals surface area contributed by atoms with Crippen molar-refractivity contribution in [2.45, 2.75) is 25.2 Å². The Morgan fingerprint density at radius 3 is 2.71 bits per heavy atom. The summed E-state index contributed by atoms with van der Waals surface area (Å²) in [5.74, 6) is 3.65. The third-order valence-corrected chi connectivity index (χ3v) is 4.35. The largest absolute Gasteiger partial charge is 0.493 e. The molecule has 1 amide bonds. The van der Waals surface area contributed by atoms with E-state index in [2.05, 4.69) is 5.32 Å². The Bertz CT molecular complexity index is 615. The lowest BCUT2D eigenvalue weighted by Crippen LogP contribution is -2.39. The maximum atomic E-state index is 12.3. The van der Waals surface area contributed by atoms with E-state index in [-0.39, 0.29) is 5.91 Å². The molecule has 24 heavy (non-hydrogen) atoms. The number of methoxy groups -OCH3 is 1. The van der Waals surface area contributed by atoms with Gasteiger partial charge in [-0.1, -0.05) is 19.1 Å². The van der Waals surface area contributed by atoms with E-state index in [9.17, 15) is 4.79 Å². The zero-order valence-corrected chi connectivity index (χ0v) is 14.8. The predicted molar refractivity (Wildman–Crippen MR) is 95.6 cm³/mol. The Labute approximate surface area is 146 Å². The van der Waals surface area contributed by atoms with Crippen LogP contribution in [0, 0.1) is 0 Å². The first-order chi connectivity index (χ1) is 11.7. The SMILES string of the molecule is CC[C@H](Oc1ccccc1OC)C(=O)NCCSCc1ccco1. The van der Waals surface area contributed by atoms with Gasteiger partial charge in [-0.25, -0.2) is 0 Å². The zero-order chi connectivity index (χ0) is 17.2. The average molecular weight is 349 g/mol. The molecule has 2 rings (SSSR count). The van der Waals surface area contributed by atoms with Crippen LogP contribution in [0.5, 0.6) is 11.5 Å². The molecular formula is C18H23NO4S. The zero-order valence-electron chi connectivity index (χ0n) is 14.0. The highest BCUT2D eigenvalue weighted by molar-refractivity contribution is 7.98. The monoisotopic (exact) mass is 349 g/mol. The maximum absolute atomic E-state index is 12.3. The standard InChI is InChI=1S/C18H23NO4S/c1-3-15(23-17-9-5-4-8-16(17)21-2)18(20)19-10-12-24-13-14-7-6-11-22-14/h4-9,11,15H,3,10,12-13H2,1-2H3,(H,19,20)/t15-/m0/s1. The number of ether oxygens (including phenoxy) is 2. The summed E-state index contributed by atoms with van der Waals surface area (Å²) in [5.41, 5.74) is 0. The topological polar surface area (TPSA) is 60.7 Å². The number of amides is 1. The molecule has 0 radical (unpaired) electrons. The van der Waals surface area contributed by atoms with Crippen molar-refractivity contribution in [2.24, 2.45) is 0 Å². The molecule has 0 unspecified atom stereocenters. The van der Waals surface area contributed by atoms with E-state index in [0.29, 0.717) is 24.5 Å². The number of para-hydroxylation sites is 2. The van der Waals surface area contributed by atoms with Crippen LogP contribution in [0.4, 0.5) is 0 Å². The Morgan fingerprint density at radius 2 is 2.04 bits per heavy atom. The summed E-state index contributed by atoms with van der Waals surface area (Å²) in [5, 5.41) is 2.92. The molecule has 1 aromatic heterocycles. The van der Waals surface area contributed by atoms with Crippen LogP contribution in [-0.4, -0.2) is 31.4 Å². The maximum Gasteiger partial charge on any atom is 0.261 e. The molecule has 0 spiro atoms. The van der Waals surface area contributed by atoms with Crippen molar-refractivity contribution in [2.75, 3.05) is 19.4 Å². The number of hydrogen-bond acceptors (Lipinski definition) is 5. The molecule has 5 nitrogen and oxygen atoms in total. The van der Waals surface area contributed by atoms with Gasteiger partial charge in [0.25, 0.3) is 5.91 Å². The summed E-state index contributed by atoms with van der Waals surface area (Å²) in [6.07, 6.45) is 1.72. The molecule has 0 saturated heterocycles. The van der Waals surface area contributed by atoms with Crippen LogP contribution >= 0.6 is 11.8 Å². The number of furan rings is 1. The van der Waals surface area contributed by atoms with Gasteiger partial charge in [0.2, 0.25) is 0 Å². The van der Waals surface area contributed by atoms with E-state index < -0.39 is 6.10 Å². The van der Waals surface area contributed by atoms with Crippen molar-refractivity contribution in [3.05, 3.63) is 48.4 Å². The molecule has 1 aromatic carbocycles. The molecule has 1 heterocycles. The first-order valence-corrected chi connectivity index (χ1v) is 9.07. The molecule has 6 heteroatoms. The second-order valence-corrected chi connectivity index (χ2v) is 6.19. The summed E-state index contributed by atoms with van der Waals surface area (Å²) in [4.78, 5) is 12.3. The molecule has 0 aliphatic rings. The minimum Gasteiger partial charge on any atom is -0.493 e. The van der Waals surface area contributed by atoms with Crippen LogP contribution in [-0.2, 0) is 10.5 Å². The van der Waals surface area contributed by atoms with Gasteiger partial charge in [0.15, 0.2) is 17.6 Å². The van der Waals surface area contributed by atoms with E-state index >= 15 is 0 Å². The number of hydrogen-bond donors (Lipinski definition) is 1. The van der Waals surface area contributed by atoms with E-state index in [0.717, 1.165) is 17.3 Å². The molecule has 1 atom stereocenters. The van der Waals surface area contributed by atoms with Crippen LogP contribution in [0.1, 0.15) is 19.1 Å². The summed E-state index contributed by atoms with van der Waals surface area (Å²) in [6, 6.07) is 11.1. The summed E-state index contributed by atoms with van der Waals surface area (Å²) in [7, 11) is 1.58. The van der Waals surface area contributed by atoms with Gasteiger partial charge in [0, 0.05) is 12.3 Å². The van der Waals surface area contributed by atoms with E-state index in [1.54, 1.807) is 31.2 Å². The van der Waals surface area contributed by atoms with Gasteiger partial charge in [-0.3, -0.25) is 4.79 Å². The van der Waals surface area contributed by atoms with Gasteiger partial charge in [0.1, 0.15) is 5.76 Å². The first kappa shape index (κ1) is 18.3. The molecular weight excluding hydrogens is 326 g/mol. The van der Waals surface area contributed by atoms with Gasteiger partial charge in [-0.2, -0.15) is 11.8 Å². The fourth-order valence-corrected chi connectivity index (χ4v) is 2.88. The first-order valence-electron chi connectivity index (χ1n) is 7.92. The number of carbonyl (C=O) groups excluding carboxylic acids is 1. The molecule has 1 N–H and O–H groups in total. The second kappa shape index (κ2) is 9.93. The molecule has 130 valence electrons. The molecule has 0 fully saturated rings. The normalized spacial score (nSPS) is 11.8. The van der Waals surface area contributed by atoms with Crippen LogP contribution in [0.15, 0.2) is 47.1 Å². The lowest BCUT2D eigenvalue weighted by Gasteiger charge is -2.18. The highest BCUT2D eigenvalue weighted by Crippen LogP contribution is 2.27. The number of nitrogens with one attached hydrogen (secondary N) is 1. The minimum absolute atomic E-state index is 0.109. The Balaban J connectivity index is 1.74. The van der Waals surface area contributed by atoms with Crippen molar-refractivity contribution >= 4 is 17.7 Å². The van der Waals surface area contributed by atoms with E-state index in [1.165, 1.54) is 0 Å². The lowest BCUT2D eigenvalue weighted by molar-refractivity contribution is -0.128. The van der Waals surface area contributed by atoms with Crippen molar-refractivity contribution < 1.29 is 18.7 Å². The third kappa shape index (κ3) is 5.53. The van der Waals surface area contributed by atoms with E-state index in [1.807, 2.05) is 37.3 Å². The molecule has 0 saturated carbocycles. The van der Waals surface area contributed by atoms with Gasteiger partial charge in [-0.05, 0) is 30.7 Å². The molecule has 2 aromatic rings. The molecule has 0 bridgehead atoms. The van der Waals surface area contributed by atoms with Crippen molar-refractivity contribution in [1.29, 1.82) is 0 Å². The van der Waals surface area contributed by atoms with Gasteiger partial charge >= 0.3 is 0 Å². The number of benzene rings is 1. The van der Waals surface area contributed by atoms with Crippen LogP contribution in [0.2, 0.25) is 0 Å². The van der Waals surface area contributed by atoms with Crippen LogP contribution in [0.25, 0.3) is 0 Å². The van der Waals surface area contributed by atoms with Crippen molar-refractivity contribution in [1.82, 2.24) is 5.32 Å². The molecule has 0 aliphatic carbocycles. The van der Waals surface area contributed by atoms with E-state index in [4.69, 9.17) is 13.9 Å². The fourth-order valence-electron chi connectivity index (χ4n) is 2.12. The Kier molecular flexibility index (Phi) is 7.55. The van der Waals surface area contributed by atoms with Crippen LogP contribution in [0.3, 0.4) is 0 Å². The van der Waals surface area contributed by atoms with Crippen molar-refractivity contribution in [3.63, 3.8) is 0 Å². The summed E-state index contributed by atoms with van der Waals surface area (Å²) < 4.78 is 16.3. The second-order valence-electron chi connectivity index (χ2n) is 5.09. The number of carbonyl (C=O) groups is 1. The van der Waals surface area contributed by atoms with Gasteiger partial charge in [0.05, 0.1) is 19.1 Å². The highest BCUT2D eigenvalue weighted by Gasteiger charge is 2.19. The van der Waals surface area contributed by atoms with Crippen molar-refractivity contribution in [3.8, 4) is 11.5 Å². The lowest BCUT2D eigenvalue weighted by atomic mass is 10.2. The van der Waals surface area contributed by atoms with Crippen LogP contribution < -0.4 is 14.8 Å². The smallest absolute Gasteiger partial charge is 0.261 e. The summed E-state index contributed by atoms with van der Waals surface area (Å²) in [6.45, 7) is 2.52. The van der Waals surface area contributed by atoms with Gasteiger partial charge in [-0.15, -0.1) is 0 Å². The Morgan fingerprint density at radius 1 is 1.25 bits per heavy atom. The Hall–Kier alpha value is -2.08. The highest BCUT2D eigenvalue weighted by atomic mass is 32.2. The average Bonchev–Trinajstić information content (AvgIpc) is 3.13. The summed E-state index contributed by atoms with van der Waals surface area (Å²) >= 11 is 1.71. The predicted octanol–water partition coefficient (Wildman–Crippen LogP) is 3.50.